The number of halogens is 2. The van der Waals surface area contributed by atoms with Gasteiger partial charge in [0.15, 0.2) is 0 Å². The molecule has 5 nitrogen and oxygen atoms in total. The van der Waals surface area contributed by atoms with E-state index in [4.69, 9.17) is 21.1 Å². The van der Waals surface area contributed by atoms with Crippen LogP contribution < -0.4 is 15.4 Å². The van der Waals surface area contributed by atoms with Crippen LogP contribution in [0.25, 0.3) is 0 Å². The van der Waals surface area contributed by atoms with Crippen molar-refractivity contribution in [1.29, 1.82) is 0 Å². The first-order valence-corrected chi connectivity index (χ1v) is 8.41. The van der Waals surface area contributed by atoms with Crippen LogP contribution in [-0.2, 0) is 9.53 Å². The van der Waals surface area contributed by atoms with E-state index in [0.29, 0.717) is 18.2 Å². The Morgan fingerprint density at radius 2 is 1.92 bits per heavy atom. The highest BCUT2D eigenvalue weighted by Crippen LogP contribution is 2.29. The van der Waals surface area contributed by atoms with Crippen molar-refractivity contribution in [3.8, 4) is 5.75 Å². The van der Waals surface area contributed by atoms with E-state index in [1.165, 1.54) is 0 Å². The van der Waals surface area contributed by atoms with E-state index in [2.05, 4.69) is 10.6 Å². The van der Waals surface area contributed by atoms with Crippen molar-refractivity contribution < 1.29 is 14.3 Å². The summed E-state index contributed by atoms with van der Waals surface area (Å²) in [7, 11) is 3.24. The van der Waals surface area contributed by atoms with Gasteiger partial charge in [0.2, 0.25) is 5.91 Å². The summed E-state index contributed by atoms with van der Waals surface area (Å²) in [6, 6.07) is 14.7. The minimum absolute atomic E-state index is 0. The number of carbonyl (C=O) groups is 1. The third kappa shape index (κ3) is 6.50. The number of hydrogen-bond acceptors (Lipinski definition) is 4. The third-order valence-electron chi connectivity index (χ3n) is 3.72. The summed E-state index contributed by atoms with van der Waals surface area (Å²) >= 11 is 6.36. The first-order chi connectivity index (χ1) is 12.2. The molecule has 0 heterocycles. The summed E-state index contributed by atoms with van der Waals surface area (Å²) in [5, 5.41) is 6.67. The van der Waals surface area contributed by atoms with Gasteiger partial charge in [0.05, 0.1) is 26.3 Å². The van der Waals surface area contributed by atoms with E-state index in [0.717, 1.165) is 16.9 Å². The second kappa shape index (κ2) is 11.8. The predicted octanol–water partition coefficient (Wildman–Crippen LogP) is 3.21. The minimum atomic E-state index is -0.361. The van der Waals surface area contributed by atoms with Crippen LogP contribution in [0.15, 0.2) is 48.5 Å². The second-order valence-electron chi connectivity index (χ2n) is 5.47. The van der Waals surface area contributed by atoms with Crippen molar-refractivity contribution in [3.63, 3.8) is 0 Å². The van der Waals surface area contributed by atoms with Crippen LogP contribution >= 0.6 is 24.0 Å². The molecule has 2 rings (SSSR count). The van der Waals surface area contributed by atoms with Crippen LogP contribution in [0.5, 0.6) is 5.75 Å². The molecule has 0 saturated carbocycles. The Morgan fingerprint density at radius 3 is 2.62 bits per heavy atom. The minimum Gasteiger partial charge on any atom is -0.497 e. The van der Waals surface area contributed by atoms with Gasteiger partial charge < -0.3 is 20.1 Å². The highest BCUT2D eigenvalue weighted by molar-refractivity contribution is 6.31. The highest BCUT2D eigenvalue weighted by atomic mass is 35.5. The number of methoxy groups -OCH3 is 2. The van der Waals surface area contributed by atoms with Gasteiger partial charge in [-0.25, -0.2) is 0 Å². The molecule has 0 aliphatic carbocycles. The summed E-state index contributed by atoms with van der Waals surface area (Å²) in [5.41, 5.74) is 1.74. The highest BCUT2D eigenvalue weighted by Gasteiger charge is 2.19. The van der Waals surface area contributed by atoms with E-state index in [-0.39, 0.29) is 30.9 Å². The van der Waals surface area contributed by atoms with Crippen molar-refractivity contribution in [2.24, 2.45) is 0 Å². The van der Waals surface area contributed by atoms with Crippen LogP contribution in [0.1, 0.15) is 17.2 Å². The zero-order valence-corrected chi connectivity index (χ0v) is 16.4. The molecule has 0 aromatic heterocycles. The molecule has 0 aliphatic rings. The van der Waals surface area contributed by atoms with E-state index < -0.39 is 0 Å². The predicted molar refractivity (Wildman–Crippen MR) is 106 cm³/mol. The lowest BCUT2D eigenvalue weighted by molar-refractivity contribution is -0.120. The van der Waals surface area contributed by atoms with Gasteiger partial charge in [-0.3, -0.25) is 4.79 Å². The number of ether oxygens (including phenoxy) is 2. The number of nitrogens with one attached hydrogen (secondary N) is 2. The molecule has 1 amide bonds. The molecule has 0 aliphatic heterocycles. The van der Waals surface area contributed by atoms with Gasteiger partial charge in [-0.2, -0.15) is 0 Å². The largest absolute Gasteiger partial charge is 0.497 e. The van der Waals surface area contributed by atoms with E-state index in [9.17, 15) is 4.79 Å². The summed E-state index contributed by atoms with van der Waals surface area (Å²) in [6.07, 6.45) is 0. The first kappa shape index (κ1) is 22.3. The molecular weight excluding hydrogens is 375 g/mol. The lowest BCUT2D eigenvalue weighted by atomic mass is 9.98. The van der Waals surface area contributed by atoms with Crippen molar-refractivity contribution in [1.82, 2.24) is 10.6 Å². The molecule has 2 N–H and O–H groups in total. The van der Waals surface area contributed by atoms with Crippen LogP contribution in [0, 0.1) is 0 Å². The maximum atomic E-state index is 12.3. The normalized spacial score (nSPS) is 11.3. The van der Waals surface area contributed by atoms with Crippen molar-refractivity contribution in [3.05, 3.63) is 64.7 Å². The lowest BCUT2D eigenvalue weighted by Gasteiger charge is -2.21. The van der Waals surface area contributed by atoms with Crippen molar-refractivity contribution in [2.75, 3.05) is 33.9 Å². The van der Waals surface area contributed by atoms with Gasteiger partial charge in [-0.05, 0) is 29.3 Å². The van der Waals surface area contributed by atoms with E-state index in [1.807, 2.05) is 48.5 Å². The topological polar surface area (TPSA) is 59.6 Å². The quantitative estimate of drug-likeness (QED) is 0.636. The molecule has 0 saturated heterocycles. The summed E-state index contributed by atoms with van der Waals surface area (Å²) in [6.45, 7) is 1.37. The summed E-state index contributed by atoms with van der Waals surface area (Å²) in [5.74, 6) is 0.603. The van der Waals surface area contributed by atoms with Gasteiger partial charge >= 0.3 is 0 Å². The molecule has 1 atom stereocenters. The smallest absolute Gasteiger partial charge is 0.234 e. The Labute approximate surface area is 165 Å². The maximum Gasteiger partial charge on any atom is 0.234 e. The second-order valence-corrected chi connectivity index (χ2v) is 5.88. The van der Waals surface area contributed by atoms with Gasteiger partial charge in [-0.15, -0.1) is 12.4 Å². The Balaban J connectivity index is 0.00000338. The zero-order valence-electron chi connectivity index (χ0n) is 14.8. The molecular formula is C19H24Cl2N2O3. The summed E-state index contributed by atoms with van der Waals surface area (Å²) < 4.78 is 10.3. The molecule has 1 unspecified atom stereocenters. The molecule has 2 aromatic rings. The molecule has 0 radical (unpaired) electrons. The van der Waals surface area contributed by atoms with Crippen LogP contribution in [-0.4, -0.2) is 39.8 Å². The number of hydrogen-bond donors (Lipinski definition) is 2. The molecule has 7 heteroatoms. The number of amides is 1. The molecule has 142 valence electrons. The Morgan fingerprint density at radius 1 is 1.15 bits per heavy atom. The van der Waals surface area contributed by atoms with Gasteiger partial charge in [0.25, 0.3) is 0 Å². The standard InChI is InChI=1S/C19H23ClN2O3.ClH/c1-24-11-10-21-13-18(23)22-19(16-8-3-4-9-17(16)20)14-6-5-7-15(12-14)25-2;/h3-9,12,19,21H,10-11,13H2,1-2H3,(H,22,23);1H. The Bertz CT molecular complexity index is 698. The van der Waals surface area contributed by atoms with Crippen molar-refractivity contribution in [2.45, 2.75) is 6.04 Å². The lowest BCUT2D eigenvalue weighted by Crippen LogP contribution is -2.37. The van der Waals surface area contributed by atoms with Gasteiger partial charge in [-0.1, -0.05) is 41.9 Å². The van der Waals surface area contributed by atoms with Gasteiger partial charge in [0.1, 0.15) is 5.75 Å². The third-order valence-corrected chi connectivity index (χ3v) is 4.06. The molecule has 0 spiro atoms. The Hall–Kier alpha value is -1.79. The van der Waals surface area contributed by atoms with Crippen LogP contribution in [0.4, 0.5) is 0 Å². The zero-order chi connectivity index (χ0) is 18.1. The monoisotopic (exact) mass is 398 g/mol. The average molecular weight is 399 g/mol. The fourth-order valence-electron chi connectivity index (χ4n) is 2.46. The molecule has 0 fully saturated rings. The number of rotatable bonds is 9. The van der Waals surface area contributed by atoms with Gasteiger partial charge in [0, 0.05) is 18.7 Å². The van der Waals surface area contributed by atoms with Crippen LogP contribution in [0.3, 0.4) is 0 Å². The molecule has 0 bridgehead atoms. The molecule has 26 heavy (non-hydrogen) atoms. The van der Waals surface area contributed by atoms with Crippen molar-refractivity contribution >= 4 is 29.9 Å². The first-order valence-electron chi connectivity index (χ1n) is 8.03. The fourth-order valence-corrected chi connectivity index (χ4v) is 2.70. The molecule has 2 aromatic carbocycles. The summed E-state index contributed by atoms with van der Waals surface area (Å²) in [4.78, 5) is 12.3. The van der Waals surface area contributed by atoms with Crippen LogP contribution in [0.2, 0.25) is 5.02 Å². The SMILES string of the molecule is COCCNCC(=O)NC(c1cccc(OC)c1)c1ccccc1Cl.Cl. The fraction of sp³-hybridized carbons (Fsp3) is 0.316. The number of carbonyl (C=O) groups excluding carboxylic acids is 1. The number of benzene rings is 2. The van der Waals surface area contributed by atoms with E-state index in [1.54, 1.807) is 14.2 Å². The average Bonchev–Trinajstić information content (AvgIpc) is 2.64. The maximum absolute atomic E-state index is 12.3. The van der Waals surface area contributed by atoms with E-state index >= 15 is 0 Å². The Kier molecular flexibility index (Phi) is 10.1.